The Hall–Kier alpha value is -1.72. The van der Waals surface area contributed by atoms with Crippen molar-refractivity contribution in [3.8, 4) is 0 Å². The Bertz CT molecular complexity index is 510. The highest BCUT2D eigenvalue weighted by molar-refractivity contribution is 5.88. The topological polar surface area (TPSA) is 50.3 Å². The molecule has 0 saturated heterocycles. The van der Waals surface area contributed by atoms with Gasteiger partial charge in [-0.2, -0.15) is 0 Å². The van der Waals surface area contributed by atoms with Crippen molar-refractivity contribution in [1.82, 2.24) is 14.9 Å². The molecule has 0 unspecified atom stereocenters. The molecule has 0 spiro atoms. The minimum atomic E-state index is 0.673. The first-order valence-electron chi connectivity index (χ1n) is 6.43. The molecule has 5 heteroatoms. The minimum absolute atomic E-state index is 0.673. The number of benzene rings is 1. The van der Waals surface area contributed by atoms with Crippen LogP contribution in [-0.2, 0) is 4.74 Å². The van der Waals surface area contributed by atoms with Crippen molar-refractivity contribution >= 4 is 16.7 Å². The van der Waals surface area contributed by atoms with Gasteiger partial charge in [0.2, 0.25) is 0 Å². The number of nitrogens with zero attached hydrogens (tertiary/aromatic N) is 3. The maximum absolute atomic E-state index is 5.53. The van der Waals surface area contributed by atoms with E-state index < -0.39 is 0 Å². The van der Waals surface area contributed by atoms with E-state index in [9.17, 15) is 0 Å². The molecule has 0 aliphatic carbocycles. The Morgan fingerprint density at radius 3 is 2.84 bits per heavy atom. The van der Waals surface area contributed by atoms with Crippen molar-refractivity contribution < 1.29 is 4.74 Å². The number of nitrogens with one attached hydrogen (secondary N) is 1. The molecule has 2 rings (SSSR count). The number of likely N-dealkylation sites (N-methyl/N-ethyl adjacent to an activating group) is 1. The third-order valence-corrected chi connectivity index (χ3v) is 2.76. The van der Waals surface area contributed by atoms with Crippen LogP contribution in [-0.4, -0.2) is 55.3 Å². The second kappa shape index (κ2) is 7.01. The third-order valence-electron chi connectivity index (χ3n) is 2.76. The van der Waals surface area contributed by atoms with E-state index >= 15 is 0 Å². The molecule has 0 amide bonds. The summed E-state index contributed by atoms with van der Waals surface area (Å²) >= 11 is 0. The van der Waals surface area contributed by atoms with Gasteiger partial charge in [0.25, 0.3) is 0 Å². The normalized spacial score (nSPS) is 11.1. The summed E-state index contributed by atoms with van der Waals surface area (Å²) in [5, 5.41) is 4.33. The van der Waals surface area contributed by atoms with Crippen molar-refractivity contribution in [2.75, 3.05) is 45.7 Å². The molecule has 1 aromatic carbocycles. The van der Waals surface area contributed by atoms with Crippen LogP contribution in [0.15, 0.2) is 30.6 Å². The molecule has 0 aliphatic rings. The van der Waals surface area contributed by atoms with Crippen LogP contribution < -0.4 is 5.32 Å². The van der Waals surface area contributed by atoms with Gasteiger partial charge >= 0.3 is 0 Å². The lowest BCUT2D eigenvalue weighted by atomic mass is 10.2. The first-order valence-corrected chi connectivity index (χ1v) is 6.43. The van der Waals surface area contributed by atoms with Gasteiger partial charge in [0.15, 0.2) is 0 Å². The molecule has 2 aromatic rings. The van der Waals surface area contributed by atoms with Crippen LogP contribution in [0.3, 0.4) is 0 Å². The van der Waals surface area contributed by atoms with E-state index in [0.29, 0.717) is 6.61 Å². The molecule has 0 saturated carbocycles. The minimum Gasteiger partial charge on any atom is -0.378 e. The van der Waals surface area contributed by atoms with Crippen LogP contribution >= 0.6 is 0 Å². The Balaban J connectivity index is 1.82. The van der Waals surface area contributed by atoms with Crippen LogP contribution in [0, 0.1) is 0 Å². The van der Waals surface area contributed by atoms with Crippen molar-refractivity contribution in [3.05, 3.63) is 30.6 Å². The number of aromatic nitrogens is 2. The van der Waals surface area contributed by atoms with Crippen LogP contribution in [0.2, 0.25) is 0 Å². The number of rotatable bonds is 7. The van der Waals surface area contributed by atoms with E-state index in [4.69, 9.17) is 4.74 Å². The molecule has 0 aliphatic heterocycles. The molecule has 0 atom stereocenters. The molecular weight excluding hydrogens is 240 g/mol. The van der Waals surface area contributed by atoms with Gasteiger partial charge in [-0.15, -0.1) is 0 Å². The van der Waals surface area contributed by atoms with Gasteiger partial charge in [0.1, 0.15) is 12.1 Å². The Kier molecular flexibility index (Phi) is 5.06. The van der Waals surface area contributed by atoms with Gasteiger partial charge in [0.05, 0.1) is 18.7 Å². The largest absolute Gasteiger partial charge is 0.378 e. The fourth-order valence-electron chi connectivity index (χ4n) is 1.74. The van der Waals surface area contributed by atoms with Crippen molar-refractivity contribution in [1.29, 1.82) is 0 Å². The summed E-state index contributed by atoms with van der Waals surface area (Å²) in [6.07, 6.45) is 1.58. The quantitative estimate of drug-likeness (QED) is 0.767. The van der Waals surface area contributed by atoms with Crippen LogP contribution in [0.25, 0.3) is 10.9 Å². The zero-order valence-electron chi connectivity index (χ0n) is 11.5. The molecule has 0 fully saturated rings. The first-order chi connectivity index (χ1) is 9.27. The third kappa shape index (κ3) is 4.15. The molecule has 1 aromatic heterocycles. The average molecular weight is 260 g/mol. The molecule has 1 heterocycles. The predicted molar refractivity (Wildman–Crippen MR) is 77.4 cm³/mol. The highest BCUT2D eigenvalue weighted by Gasteiger charge is 2.01. The van der Waals surface area contributed by atoms with Gasteiger partial charge in [-0.05, 0) is 26.2 Å². The van der Waals surface area contributed by atoms with Crippen molar-refractivity contribution in [3.63, 3.8) is 0 Å². The maximum Gasteiger partial charge on any atom is 0.137 e. The summed E-state index contributed by atoms with van der Waals surface area (Å²) in [5.74, 6) is 0.863. The average Bonchev–Trinajstić information content (AvgIpc) is 2.42. The van der Waals surface area contributed by atoms with Crippen molar-refractivity contribution in [2.45, 2.75) is 0 Å². The molecule has 5 nitrogen and oxygen atoms in total. The molecule has 0 bridgehead atoms. The Labute approximate surface area is 113 Å². The number of hydrogen-bond acceptors (Lipinski definition) is 5. The number of anilines is 1. The van der Waals surface area contributed by atoms with Gasteiger partial charge in [0, 0.05) is 18.5 Å². The van der Waals surface area contributed by atoms with Gasteiger partial charge in [-0.25, -0.2) is 9.97 Å². The molecule has 0 radical (unpaired) electrons. The number of hydrogen-bond donors (Lipinski definition) is 1. The van der Waals surface area contributed by atoms with E-state index in [1.807, 2.05) is 38.4 Å². The second-order valence-corrected chi connectivity index (χ2v) is 4.58. The van der Waals surface area contributed by atoms with E-state index in [0.717, 1.165) is 36.4 Å². The van der Waals surface area contributed by atoms with Crippen LogP contribution in [0.5, 0.6) is 0 Å². The fourth-order valence-corrected chi connectivity index (χ4v) is 1.74. The lowest BCUT2D eigenvalue weighted by Gasteiger charge is -2.11. The van der Waals surface area contributed by atoms with Crippen molar-refractivity contribution in [2.24, 2.45) is 0 Å². The monoisotopic (exact) mass is 260 g/mol. The number of para-hydroxylation sites is 1. The summed E-state index contributed by atoms with van der Waals surface area (Å²) in [4.78, 5) is 10.6. The summed E-state index contributed by atoms with van der Waals surface area (Å²) in [6, 6.07) is 7.97. The first kappa shape index (κ1) is 13.7. The molecule has 102 valence electrons. The van der Waals surface area contributed by atoms with E-state index in [-0.39, 0.29) is 0 Å². The summed E-state index contributed by atoms with van der Waals surface area (Å²) in [7, 11) is 4.07. The lowest BCUT2D eigenvalue weighted by molar-refractivity contribution is 0.126. The maximum atomic E-state index is 5.53. The fraction of sp³-hybridized carbons (Fsp3) is 0.429. The standard InChI is InChI=1S/C14H20N4O/c1-18(2)8-10-19-9-7-15-14-12-5-3-4-6-13(12)16-11-17-14/h3-6,11H,7-10H2,1-2H3,(H,15,16,17). The molecular formula is C14H20N4O. The predicted octanol–water partition coefficient (Wildman–Crippen LogP) is 1.62. The highest BCUT2D eigenvalue weighted by atomic mass is 16.5. The van der Waals surface area contributed by atoms with E-state index in [1.165, 1.54) is 0 Å². The van der Waals surface area contributed by atoms with Crippen LogP contribution in [0.1, 0.15) is 0 Å². The summed E-state index contributed by atoms with van der Waals surface area (Å²) in [6.45, 7) is 3.11. The molecule has 19 heavy (non-hydrogen) atoms. The summed E-state index contributed by atoms with van der Waals surface area (Å²) < 4.78 is 5.53. The second-order valence-electron chi connectivity index (χ2n) is 4.58. The summed E-state index contributed by atoms with van der Waals surface area (Å²) in [5.41, 5.74) is 0.952. The van der Waals surface area contributed by atoms with Gasteiger partial charge in [-0.1, -0.05) is 12.1 Å². The van der Waals surface area contributed by atoms with Gasteiger partial charge in [-0.3, -0.25) is 0 Å². The van der Waals surface area contributed by atoms with Gasteiger partial charge < -0.3 is 15.0 Å². The lowest BCUT2D eigenvalue weighted by Crippen LogP contribution is -2.20. The van der Waals surface area contributed by atoms with Crippen LogP contribution in [0.4, 0.5) is 5.82 Å². The highest BCUT2D eigenvalue weighted by Crippen LogP contribution is 2.17. The Morgan fingerprint density at radius 1 is 1.16 bits per heavy atom. The van der Waals surface area contributed by atoms with E-state index in [1.54, 1.807) is 6.33 Å². The zero-order valence-corrected chi connectivity index (χ0v) is 11.5. The van der Waals surface area contributed by atoms with E-state index in [2.05, 4.69) is 20.2 Å². The number of ether oxygens (including phenoxy) is 1. The molecule has 1 N–H and O–H groups in total. The zero-order chi connectivity index (χ0) is 13.5. The SMILES string of the molecule is CN(C)CCOCCNc1ncnc2ccccc12. The Morgan fingerprint density at radius 2 is 2.00 bits per heavy atom. The number of fused-ring (bicyclic) bond motifs is 1. The smallest absolute Gasteiger partial charge is 0.137 e.